The van der Waals surface area contributed by atoms with Crippen molar-refractivity contribution in [3.05, 3.63) is 41.7 Å². The molecule has 0 aliphatic heterocycles. The fourth-order valence-corrected chi connectivity index (χ4v) is 1.67. The fraction of sp³-hybridized carbons (Fsp3) is 0.154. The Morgan fingerprint density at radius 2 is 1.64 bits per heavy atom. The number of anilines is 3. The SMILES string of the molecule is Cc1cc(NC(=O)c2cnc(Nc3cc(C)on3)cn2)no1. The van der Waals surface area contributed by atoms with Crippen LogP contribution in [0, 0.1) is 13.8 Å². The molecule has 0 spiro atoms. The van der Waals surface area contributed by atoms with Crippen LogP contribution in [0.25, 0.3) is 0 Å². The third-order valence-electron chi connectivity index (χ3n) is 2.64. The van der Waals surface area contributed by atoms with E-state index in [4.69, 9.17) is 9.05 Å². The highest BCUT2D eigenvalue weighted by molar-refractivity contribution is 6.02. The van der Waals surface area contributed by atoms with E-state index in [2.05, 4.69) is 30.9 Å². The van der Waals surface area contributed by atoms with Gasteiger partial charge in [0.25, 0.3) is 5.91 Å². The first kappa shape index (κ1) is 13.7. The smallest absolute Gasteiger partial charge is 0.277 e. The molecule has 0 atom stereocenters. The topological polar surface area (TPSA) is 119 Å². The lowest BCUT2D eigenvalue weighted by Crippen LogP contribution is -2.14. The predicted molar refractivity (Wildman–Crippen MR) is 75.7 cm³/mol. The highest BCUT2D eigenvalue weighted by Gasteiger charge is 2.11. The van der Waals surface area contributed by atoms with Crippen LogP contribution >= 0.6 is 0 Å². The van der Waals surface area contributed by atoms with Crippen molar-refractivity contribution in [2.45, 2.75) is 13.8 Å². The summed E-state index contributed by atoms with van der Waals surface area (Å²) in [6, 6.07) is 3.32. The van der Waals surface area contributed by atoms with Gasteiger partial charge in [0, 0.05) is 12.1 Å². The number of carbonyl (C=O) groups is 1. The van der Waals surface area contributed by atoms with E-state index in [1.807, 2.05) is 0 Å². The van der Waals surface area contributed by atoms with Gasteiger partial charge < -0.3 is 19.7 Å². The van der Waals surface area contributed by atoms with E-state index in [1.165, 1.54) is 12.4 Å². The normalized spacial score (nSPS) is 10.5. The molecule has 3 aromatic rings. The zero-order valence-electron chi connectivity index (χ0n) is 11.8. The van der Waals surface area contributed by atoms with Crippen molar-refractivity contribution in [1.82, 2.24) is 20.3 Å². The monoisotopic (exact) mass is 300 g/mol. The maximum atomic E-state index is 12.0. The van der Waals surface area contributed by atoms with Crippen molar-refractivity contribution in [1.29, 1.82) is 0 Å². The molecule has 112 valence electrons. The van der Waals surface area contributed by atoms with Crippen molar-refractivity contribution in [2.75, 3.05) is 10.6 Å². The van der Waals surface area contributed by atoms with Gasteiger partial charge in [0.2, 0.25) is 0 Å². The fourth-order valence-electron chi connectivity index (χ4n) is 1.67. The van der Waals surface area contributed by atoms with E-state index in [0.717, 1.165) is 0 Å². The van der Waals surface area contributed by atoms with Gasteiger partial charge in [-0.15, -0.1) is 0 Å². The summed E-state index contributed by atoms with van der Waals surface area (Å²) in [5.74, 6) is 2.14. The molecule has 0 unspecified atom stereocenters. The van der Waals surface area contributed by atoms with E-state index in [-0.39, 0.29) is 5.69 Å². The first-order valence-electron chi connectivity index (χ1n) is 6.37. The number of amides is 1. The molecule has 3 heterocycles. The molecule has 1 amide bonds. The molecule has 0 bridgehead atoms. The summed E-state index contributed by atoms with van der Waals surface area (Å²) < 4.78 is 9.79. The molecule has 9 nitrogen and oxygen atoms in total. The van der Waals surface area contributed by atoms with Crippen LogP contribution in [0.5, 0.6) is 0 Å². The Balaban J connectivity index is 1.66. The second-order valence-corrected chi connectivity index (χ2v) is 4.51. The third-order valence-corrected chi connectivity index (χ3v) is 2.64. The minimum Gasteiger partial charge on any atom is -0.360 e. The molecular formula is C13H12N6O3. The number of nitrogens with one attached hydrogen (secondary N) is 2. The van der Waals surface area contributed by atoms with E-state index in [0.29, 0.717) is 29.0 Å². The molecule has 0 saturated heterocycles. The van der Waals surface area contributed by atoms with Gasteiger partial charge in [0.05, 0.1) is 12.4 Å². The lowest BCUT2D eigenvalue weighted by molar-refractivity contribution is 0.102. The molecular weight excluding hydrogens is 288 g/mol. The molecule has 0 aromatic carbocycles. The molecule has 0 fully saturated rings. The van der Waals surface area contributed by atoms with Gasteiger partial charge in [-0.25, -0.2) is 9.97 Å². The molecule has 0 saturated carbocycles. The van der Waals surface area contributed by atoms with Crippen LogP contribution in [0.4, 0.5) is 17.5 Å². The molecule has 0 radical (unpaired) electrons. The molecule has 3 aromatic heterocycles. The van der Waals surface area contributed by atoms with E-state index < -0.39 is 5.91 Å². The van der Waals surface area contributed by atoms with Crippen LogP contribution in [0.15, 0.2) is 33.6 Å². The summed E-state index contributed by atoms with van der Waals surface area (Å²) in [5, 5.41) is 12.9. The number of carbonyl (C=O) groups excluding carboxylic acids is 1. The summed E-state index contributed by atoms with van der Waals surface area (Å²) in [5.41, 5.74) is 0.155. The largest absolute Gasteiger partial charge is 0.360 e. The summed E-state index contributed by atoms with van der Waals surface area (Å²) in [6.07, 6.45) is 2.77. The standard InChI is InChI=1S/C13H12N6O3/c1-7-3-10(18-21-7)16-12-6-14-9(5-15-12)13(20)17-11-4-8(2)22-19-11/h3-6H,1-2H3,(H,15,16,18)(H,17,19,20). The van der Waals surface area contributed by atoms with Crippen LogP contribution in [0.2, 0.25) is 0 Å². The second kappa shape index (κ2) is 5.64. The van der Waals surface area contributed by atoms with Crippen LogP contribution in [0.3, 0.4) is 0 Å². The summed E-state index contributed by atoms with van der Waals surface area (Å²) >= 11 is 0. The quantitative estimate of drug-likeness (QED) is 0.751. The first-order valence-corrected chi connectivity index (χ1v) is 6.37. The summed E-state index contributed by atoms with van der Waals surface area (Å²) in [4.78, 5) is 20.1. The van der Waals surface area contributed by atoms with Crippen molar-refractivity contribution in [3.8, 4) is 0 Å². The van der Waals surface area contributed by atoms with Crippen molar-refractivity contribution in [2.24, 2.45) is 0 Å². The average molecular weight is 300 g/mol. The van der Waals surface area contributed by atoms with Crippen LogP contribution in [-0.2, 0) is 0 Å². The van der Waals surface area contributed by atoms with E-state index >= 15 is 0 Å². The number of nitrogens with zero attached hydrogens (tertiary/aromatic N) is 4. The van der Waals surface area contributed by atoms with Gasteiger partial charge in [-0.2, -0.15) is 0 Å². The number of aromatic nitrogens is 4. The van der Waals surface area contributed by atoms with Crippen LogP contribution < -0.4 is 10.6 Å². The lowest BCUT2D eigenvalue weighted by Gasteiger charge is -2.02. The highest BCUT2D eigenvalue weighted by Crippen LogP contribution is 2.13. The average Bonchev–Trinajstić information content (AvgIpc) is 3.08. The second-order valence-electron chi connectivity index (χ2n) is 4.51. The Morgan fingerprint density at radius 3 is 2.18 bits per heavy atom. The molecule has 3 rings (SSSR count). The van der Waals surface area contributed by atoms with Crippen LogP contribution in [-0.4, -0.2) is 26.2 Å². The number of rotatable bonds is 4. The number of aryl methyl sites for hydroxylation is 2. The first-order chi connectivity index (χ1) is 10.6. The maximum Gasteiger partial charge on any atom is 0.277 e. The van der Waals surface area contributed by atoms with E-state index in [1.54, 1.807) is 26.0 Å². The zero-order valence-corrected chi connectivity index (χ0v) is 11.8. The van der Waals surface area contributed by atoms with Crippen molar-refractivity contribution in [3.63, 3.8) is 0 Å². The molecule has 0 aliphatic rings. The summed E-state index contributed by atoms with van der Waals surface area (Å²) in [6.45, 7) is 3.51. The van der Waals surface area contributed by atoms with Gasteiger partial charge in [-0.3, -0.25) is 4.79 Å². The lowest BCUT2D eigenvalue weighted by atomic mass is 10.4. The zero-order chi connectivity index (χ0) is 15.5. The third kappa shape index (κ3) is 3.08. The minimum absolute atomic E-state index is 0.155. The number of hydrogen-bond donors (Lipinski definition) is 2. The van der Waals surface area contributed by atoms with Gasteiger partial charge in [0.1, 0.15) is 23.0 Å². The Bertz CT molecular complexity index is 792. The Labute approximate surface area is 124 Å². The van der Waals surface area contributed by atoms with Crippen molar-refractivity contribution >= 4 is 23.4 Å². The molecule has 9 heteroatoms. The predicted octanol–water partition coefficient (Wildman–Crippen LogP) is 2.07. The maximum absolute atomic E-state index is 12.0. The molecule has 0 aliphatic carbocycles. The minimum atomic E-state index is -0.426. The van der Waals surface area contributed by atoms with Crippen LogP contribution in [0.1, 0.15) is 22.0 Å². The van der Waals surface area contributed by atoms with Gasteiger partial charge in [-0.1, -0.05) is 10.3 Å². The molecule has 22 heavy (non-hydrogen) atoms. The van der Waals surface area contributed by atoms with Crippen molar-refractivity contribution < 1.29 is 13.8 Å². The Hall–Kier alpha value is -3.23. The Morgan fingerprint density at radius 1 is 0.955 bits per heavy atom. The highest BCUT2D eigenvalue weighted by atomic mass is 16.5. The Kier molecular flexibility index (Phi) is 3.52. The van der Waals surface area contributed by atoms with Gasteiger partial charge in [0.15, 0.2) is 11.6 Å². The van der Waals surface area contributed by atoms with Gasteiger partial charge >= 0.3 is 0 Å². The van der Waals surface area contributed by atoms with E-state index in [9.17, 15) is 4.79 Å². The molecule has 2 N–H and O–H groups in total. The van der Waals surface area contributed by atoms with Gasteiger partial charge in [-0.05, 0) is 13.8 Å². The number of hydrogen-bond acceptors (Lipinski definition) is 8. The summed E-state index contributed by atoms with van der Waals surface area (Å²) in [7, 11) is 0.